The summed E-state index contributed by atoms with van der Waals surface area (Å²) in [4.78, 5) is 37.3. The van der Waals surface area contributed by atoms with Gasteiger partial charge in [-0.1, -0.05) is 12.1 Å². The molecule has 0 saturated carbocycles. The molecule has 10 nitrogen and oxygen atoms in total. The standard InChI is InChI=1S/C32H29N9O/c1-17-14-35-32(37-27-13-20(4)40(5)39-27)38-28(17)24-15-34-29-23(24)7-6-8-26(29)41-16-25-22(9-10-33-30(25)31(41)42)21-11-18(2)36-19(3)12-21/h6-15,34H,16H2,1-5H3,(H,35,37,38,39). The Morgan fingerprint density at radius 2 is 1.74 bits per heavy atom. The van der Waals surface area contributed by atoms with Crippen LogP contribution in [0.5, 0.6) is 0 Å². The van der Waals surface area contributed by atoms with Crippen molar-refractivity contribution in [2.24, 2.45) is 7.05 Å². The van der Waals surface area contributed by atoms with Crippen molar-refractivity contribution in [2.45, 2.75) is 34.2 Å². The molecule has 0 aliphatic carbocycles. The first-order valence-electron chi connectivity index (χ1n) is 13.7. The van der Waals surface area contributed by atoms with Crippen LogP contribution < -0.4 is 10.2 Å². The summed E-state index contributed by atoms with van der Waals surface area (Å²) in [5.74, 6) is 1.03. The van der Waals surface area contributed by atoms with Gasteiger partial charge in [0.25, 0.3) is 5.91 Å². The first kappa shape index (κ1) is 25.6. The van der Waals surface area contributed by atoms with Gasteiger partial charge in [-0.3, -0.25) is 19.4 Å². The van der Waals surface area contributed by atoms with Crippen molar-refractivity contribution >= 4 is 34.3 Å². The third-order valence-electron chi connectivity index (χ3n) is 7.78. The average Bonchev–Trinajstić information content (AvgIpc) is 3.64. The number of para-hydroxylation sites is 1. The van der Waals surface area contributed by atoms with E-state index in [1.54, 1.807) is 22.0 Å². The number of aromatic amines is 1. The number of nitrogens with one attached hydrogen (secondary N) is 2. The molecule has 0 bridgehead atoms. The molecule has 0 atom stereocenters. The predicted molar refractivity (Wildman–Crippen MR) is 163 cm³/mol. The summed E-state index contributed by atoms with van der Waals surface area (Å²) in [6, 6.07) is 14.0. The van der Waals surface area contributed by atoms with E-state index in [9.17, 15) is 4.79 Å². The Morgan fingerprint density at radius 3 is 2.50 bits per heavy atom. The van der Waals surface area contributed by atoms with Crippen LogP contribution in [0.2, 0.25) is 0 Å². The van der Waals surface area contributed by atoms with Crippen LogP contribution in [0.25, 0.3) is 33.3 Å². The van der Waals surface area contributed by atoms with E-state index in [1.165, 1.54) is 0 Å². The topological polar surface area (TPSA) is 118 Å². The van der Waals surface area contributed by atoms with Crippen molar-refractivity contribution in [3.63, 3.8) is 0 Å². The molecule has 1 aliphatic rings. The molecule has 0 saturated heterocycles. The van der Waals surface area contributed by atoms with Crippen molar-refractivity contribution in [1.29, 1.82) is 0 Å². The number of aryl methyl sites for hydroxylation is 5. The number of benzene rings is 1. The van der Waals surface area contributed by atoms with Gasteiger partial charge in [-0.05, 0) is 68.7 Å². The highest BCUT2D eigenvalue weighted by Gasteiger charge is 2.33. The molecule has 0 fully saturated rings. The molecule has 0 unspecified atom stereocenters. The minimum absolute atomic E-state index is 0.117. The van der Waals surface area contributed by atoms with E-state index in [4.69, 9.17) is 4.98 Å². The van der Waals surface area contributed by atoms with Crippen LogP contribution in [-0.2, 0) is 13.6 Å². The molecule has 1 aliphatic heterocycles. The number of aromatic nitrogens is 7. The molecule has 1 aromatic carbocycles. The average molecular weight is 556 g/mol. The van der Waals surface area contributed by atoms with Gasteiger partial charge in [-0.2, -0.15) is 5.10 Å². The molecular formula is C32H29N9O. The number of H-pyrrole nitrogens is 1. The summed E-state index contributed by atoms with van der Waals surface area (Å²) in [6.45, 7) is 8.37. The highest BCUT2D eigenvalue weighted by molar-refractivity contribution is 6.14. The van der Waals surface area contributed by atoms with Gasteiger partial charge >= 0.3 is 0 Å². The summed E-state index contributed by atoms with van der Waals surface area (Å²) < 4.78 is 1.80. The lowest BCUT2D eigenvalue weighted by Gasteiger charge is -2.17. The molecule has 2 N–H and O–H groups in total. The van der Waals surface area contributed by atoms with Crippen LogP contribution >= 0.6 is 0 Å². The van der Waals surface area contributed by atoms with Crippen LogP contribution in [0.3, 0.4) is 0 Å². The van der Waals surface area contributed by atoms with Crippen molar-refractivity contribution in [1.82, 2.24) is 34.7 Å². The van der Waals surface area contributed by atoms with Gasteiger partial charge < -0.3 is 15.2 Å². The maximum absolute atomic E-state index is 13.7. The van der Waals surface area contributed by atoms with Gasteiger partial charge in [0.2, 0.25) is 5.95 Å². The van der Waals surface area contributed by atoms with E-state index in [0.29, 0.717) is 24.0 Å². The zero-order valence-corrected chi connectivity index (χ0v) is 24.0. The first-order chi connectivity index (χ1) is 20.3. The van der Waals surface area contributed by atoms with Crippen molar-refractivity contribution in [3.8, 4) is 22.4 Å². The maximum Gasteiger partial charge on any atom is 0.277 e. The zero-order chi connectivity index (χ0) is 29.1. The van der Waals surface area contributed by atoms with Gasteiger partial charge in [0.1, 0.15) is 5.69 Å². The molecule has 0 spiro atoms. The van der Waals surface area contributed by atoms with Crippen molar-refractivity contribution in [3.05, 3.63) is 95.0 Å². The highest BCUT2D eigenvalue weighted by Crippen LogP contribution is 2.39. The monoisotopic (exact) mass is 555 g/mol. The van der Waals surface area contributed by atoms with Gasteiger partial charge in [-0.15, -0.1) is 0 Å². The first-order valence-corrected chi connectivity index (χ1v) is 13.7. The van der Waals surface area contributed by atoms with Gasteiger partial charge in [0.05, 0.1) is 23.4 Å². The Hall–Kier alpha value is -5.38. The Kier molecular flexibility index (Phi) is 5.86. The SMILES string of the molecule is Cc1cc(-c2ccnc3c2CN(c2cccc4c(-c5nc(Nc6cc(C)n(C)n6)ncc5C)c[nH]c24)C3=O)cc(C)n1. The lowest BCUT2D eigenvalue weighted by Crippen LogP contribution is -2.23. The second-order valence-electron chi connectivity index (χ2n) is 10.8. The van der Waals surface area contributed by atoms with E-state index in [2.05, 4.69) is 42.5 Å². The van der Waals surface area contributed by atoms with E-state index in [1.807, 2.05) is 71.3 Å². The molecule has 0 radical (unpaired) electrons. The maximum atomic E-state index is 13.7. The summed E-state index contributed by atoms with van der Waals surface area (Å²) in [7, 11) is 1.90. The zero-order valence-electron chi connectivity index (χ0n) is 24.0. The minimum atomic E-state index is -0.117. The fraction of sp³-hybridized carbons (Fsp3) is 0.188. The Labute approximate surface area is 242 Å². The van der Waals surface area contributed by atoms with Gasteiger partial charge in [0.15, 0.2) is 5.82 Å². The number of pyridine rings is 2. The number of anilines is 3. The molecular weight excluding hydrogens is 526 g/mol. The third-order valence-corrected chi connectivity index (χ3v) is 7.78. The molecule has 5 aromatic heterocycles. The molecule has 7 rings (SSSR count). The number of amides is 1. The molecule has 10 heteroatoms. The molecule has 42 heavy (non-hydrogen) atoms. The molecule has 6 heterocycles. The molecule has 6 aromatic rings. The molecule has 1 amide bonds. The minimum Gasteiger partial charge on any atom is -0.359 e. The summed E-state index contributed by atoms with van der Waals surface area (Å²) in [6.07, 6.45) is 5.46. The summed E-state index contributed by atoms with van der Waals surface area (Å²) >= 11 is 0. The van der Waals surface area contributed by atoms with Crippen LogP contribution in [0, 0.1) is 27.7 Å². The quantitative estimate of drug-likeness (QED) is 0.270. The van der Waals surface area contributed by atoms with Crippen LogP contribution in [0.4, 0.5) is 17.5 Å². The second-order valence-corrected chi connectivity index (χ2v) is 10.8. The van der Waals surface area contributed by atoms with Gasteiger partial charge in [-0.25, -0.2) is 9.97 Å². The summed E-state index contributed by atoms with van der Waals surface area (Å²) in [5, 5.41) is 8.63. The lowest BCUT2D eigenvalue weighted by molar-refractivity contribution is 0.0992. The van der Waals surface area contributed by atoms with E-state index in [-0.39, 0.29) is 5.91 Å². The number of rotatable bonds is 5. The lowest BCUT2D eigenvalue weighted by atomic mass is 10.00. The number of hydrogen-bond acceptors (Lipinski definition) is 7. The Morgan fingerprint density at radius 1 is 0.929 bits per heavy atom. The third kappa shape index (κ3) is 4.19. The second kappa shape index (κ2) is 9.62. The van der Waals surface area contributed by atoms with E-state index < -0.39 is 0 Å². The predicted octanol–water partition coefficient (Wildman–Crippen LogP) is 5.95. The number of nitrogens with zero attached hydrogens (tertiary/aromatic N) is 7. The number of hydrogen-bond donors (Lipinski definition) is 2. The summed E-state index contributed by atoms with van der Waals surface area (Å²) in [5.41, 5.74) is 10.7. The fourth-order valence-electron chi connectivity index (χ4n) is 5.72. The fourth-order valence-corrected chi connectivity index (χ4v) is 5.72. The number of carbonyl (C=O) groups excluding carboxylic acids is 1. The molecule has 208 valence electrons. The number of carbonyl (C=O) groups is 1. The smallest absolute Gasteiger partial charge is 0.277 e. The number of fused-ring (bicyclic) bond motifs is 2. The normalized spacial score (nSPS) is 12.8. The van der Waals surface area contributed by atoms with Crippen molar-refractivity contribution in [2.75, 3.05) is 10.2 Å². The van der Waals surface area contributed by atoms with Crippen LogP contribution in [0.15, 0.2) is 61.1 Å². The van der Waals surface area contributed by atoms with Gasteiger partial charge in [0, 0.05) is 65.3 Å². The van der Waals surface area contributed by atoms with Crippen molar-refractivity contribution < 1.29 is 4.79 Å². The van der Waals surface area contributed by atoms with E-state index >= 15 is 0 Å². The van der Waals surface area contributed by atoms with Crippen LogP contribution in [0.1, 0.15) is 38.7 Å². The van der Waals surface area contributed by atoms with E-state index in [0.717, 1.165) is 67.2 Å². The largest absolute Gasteiger partial charge is 0.359 e. The Balaban J connectivity index is 1.26. The highest BCUT2D eigenvalue weighted by atomic mass is 16.2. The van der Waals surface area contributed by atoms with Crippen LogP contribution in [-0.4, -0.2) is 40.6 Å². The Bertz CT molecular complexity index is 2000.